The first-order valence-corrected chi connectivity index (χ1v) is 10.5. The van der Waals surface area contributed by atoms with Gasteiger partial charge in [0.15, 0.2) is 5.65 Å². The second-order valence-electron chi connectivity index (χ2n) is 8.77. The number of rotatable bonds is 2. The monoisotopic (exact) mass is 401 g/mol. The van der Waals surface area contributed by atoms with Crippen LogP contribution in [0, 0.1) is 13.8 Å². The Morgan fingerprint density at radius 3 is 2.87 bits per heavy atom. The molecule has 152 valence electrons. The molecule has 0 radical (unpaired) electrons. The van der Waals surface area contributed by atoms with Gasteiger partial charge in [0, 0.05) is 17.1 Å². The summed E-state index contributed by atoms with van der Waals surface area (Å²) >= 11 is 0. The summed E-state index contributed by atoms with van der Waals surface area (Å²) in [6, 6.07) is 4.03. The Hall–Kier alpha value is -3.13. The van der Waals surface area contributed by atoms with E-state index in [-0.39, 0.29) is 17.1 Å². The van der Waals surface area contributed by atoms with E-state index < -0.39 is 0 Å². The van der Waals surface area contributed by atoms with Gasteiger partial charge in [0.2, 0.25) is 0 Å². The molecule has 1 spiro atoms. The SMILES string of the molecule is Cc1cn2nc(-c3cc4cnn(C5CCNC6(CC6)C5)c(=O)c4cn3)cc(C)c2n1. The third-order valence-electron chi connectivity index (χ3n) is 6.49. The van der Waals surface area contributed by atoms with Crippen LogP contribution in [-0.4, -0.2) is 41.4 Å². The number of hydrogen-bond donors (Lipinski definition) is 1. The molecule has 5 heterocycles. The Balaban J connectivity index is 1.41. The van der Waals surface area contributed by atoms with Gasteiger partial charge in [0.25, 0.3) is 5.56 Å². The van der Waals surface area contributed by atoms with Crippen LogP contribution >= 0.6 is 0 Å². The van der Waals surface area contributed by atoms with E-state index in [1.807, 2.05) is 32.2 Å². The van der Waals surface area contributed by atoms with E-state index >= 15 is 0 Å². The highest BCUT2D eigenvalue weighted by atomic mass is 16.1. The summed E-state index contributed by atoms with van der Waals surface area (Å²) in [6.07, 6.45) is 9.66. The van der Waals surface area contributed by atoms with Crippen molar-refractivity contribution >= 4 is 16.4 Å². The van der Waals surface area contributed by atoms with Crippen molar-refractivity contribution in [1.82, 2.24) is 34.7 Å². The molecule has 4 aromatic rings. The molecule has 30 heavy (non-hydrogen) atoms. The molecular formula is C22H23N7O. The molecule has 6 rings (SSSR count). The molecule has 0 amide bonds. The minimum atomic E-state index is -0.0564. The maximum atomic E-state index is 13.2. The molecule has 4 aromatic heterocycles. The van der Waals surface area contributed by atoms with E-state index in [1.165, 1.54) is 12.8 Å². The van der Waals surface area contributed by atoms with Gasteiger partial charge in [-0.2, -0.15) is 10.2 Å². The number of aryl methyl sites for hydroxylation is 2. The summed E-state index contributed by atoms with van der Waals surface area (Å²) in [5, 5.41) is 14.2. The zero-order valence-corrected chi connectivity index (χ0v) is 17.1. The summed E-state index contributed by atoms with van der Waals surface area (Å²) in [5.41, 5.74) is 4.45. The van der Waals surface area contributed by atoms with Gasteiger partial charge in [0.1, 0.15) is 5.69 Å². The summed E-state index contributed by atoms with van der Waals surface area (Å²) in [7, 11) is 0. The van der Waals surface area contributed by atoms with Crippen molar-refractivity contribution in [2.45, 2.75) is 51.1 Å². The van der Waals surface area contributed by atoms with E-state index in [2.05, 4.69) is 25.5 Å². The zero-order valence-electron chi connectivity index (χ0n) is 17.1. The van der Waals surface area contributed by atoms with Gasteiger partial charge in [-0.15, -0.1) is 0 Å². The largest absolute Gasteiger partial charge is 0.311 e. The van der Waals surface area contributed by atoms with Gasteiger partial charge >= 0.3 is 0 Å². The molecule has 8 heteroatoms. The van der Waals surface area contributed by atoms with Crippen molar-refractivity contribution in [3.8, 4) is 11.4 Å². The van der Waals surface area contributed by atoms with Crippen molar-refractivity contribution in [3.05, 3.63) is 52.3 Å². The second-order valence-corrected chi connectivity index (χ2v) is 8.77. The lowest BCUT2D eigenvalue weighted by Crippen LogP contribution is -2.43. The quantitative estimate of drug-likeness (QED) is 0.555. The van der Waals surface area contributed by atoms with E-state index in [0.29, 0.717) is 5.39 Å². The average Bonchev–Trinajstić information content (AvgIpc) is 3.35. The van der Waals surface area contributed by atoms with Gasteiger partial charge in [-0.3, -0.25) is 9.78 Å². The zero-order chi connectivity index (χ0) is 20.5. The maximum absolute atomic E-state index is 13.2. The fourth-order valence-corrected chi connectivity index (χ4v) is 4.70. The van der Waals surface area contributed by atoms with Crippen molar-refractivity contribution in [2.24, 2.45) is 0 Å². The van der Waals surface area contributed by atoms with Crippen LogP contribution in [0.5, 0.6) is 0 Å². The van der Waals surface area contributed by atoms with E-state index in [1.54, 1.807) is 21.6 Å². The normalized spacial score (nSPS) is 20.3. The van der Waals surface area contributed by atoms with Crippen LogP contribution in [0.2, 0.25) is 0 Å². The van der Waals surface area contributed by atoms with Crippen LogP contribution in [0.15, 0.2) is 35.5 Å². The van der Waals surface area contributed by atoms with Crippen LogP contribution in [0.3, 0.4) is 0 Å². The molecule has 1 saturated carbocycles. The number of nitrogens with one attached hydrogen (secondary N) is 1. The third-order valence-corrected chi connectivity index (χ3v) is 6.49. The topological polar surface area (TPSA) is 90.0 Å². The van der Waals surface area contributed by atoms with Gasteiger partial charge in [-0.05, 0) is 63.8 Å². The van der Waals surface area contributed by atoms with Crippen molar-refractivity contribution in [1.29, 1.82) is 0 Å². The molecule has 2 fully saturated rings. The second kappa shape index (κ2) is 6.18. The molecular weight excluding hydrogens is 378 g/mol. The fourth-order valence-electron chi connectivity index (χ4n) is 4.70. The number of nitrogens with zero attached hydrogens (tertiary/aromatic N) is 6. The number of pyridine rings is 1. The minimum absolute atomic E-state index is 0.0564. The molecule has 0 bridgehead atoms. The number of hydrogen-bond acceptors (Lipinski definition) is 6. The Bertz CT molecular complexity index is 1370. The molecule has 1 aliphatic heterocycles. The average molecular weight is 401 g/mol. The lowest BCUT2D eigenvalue weighted by atomic mass is 9.97. The van der Waals surface area contributed by atoms with Crippen LogP contribution in [0.25, 0.3) is 27.8 Å². The predicted octanol–water partition coefficient (Wildman–Crippen LogP) is 2.58. The van der Waals surface area contributed by atoms with Crippen LogP contribution in [-0.2, 0) is 0 Å². The molecule has 2 aliphatic rings. The molecule has 1 aliphatic carbocycles. The van der Waals surface area contributed by atoms with Crippen LogP contribution in [0.1, 0.15) is 43.0 Å². The Morgan fingerprint density at radius 1 is 1.17 bits per heavy atom. The highest BCUT2D eigenvalue weighted by Gasteiger charge is 2.46. The highest BCUT2D eigenvalue weighted by molar-refractivity contribution is 5.83. The molecule has 8 nitrogen and oxygen atoms in total. The first-order valence-electron chi connectivity index (χ1n) is 10.5. The number of piperidine rings is 1. The Kier molecular flexibility index (Phi) is 3.65. The standard InChI is InChI=1S/C22H23N7O/c1-13-7-19(27-28-12-14(2)26-20(13)28)18-8-15-10-25-29(21(30)17(15)11-23-18)16-3-6-24-22(9-16)4-5-22/h7-8,10-12,16,24H,3-6,9H2,1-2H3. The van der Waals surface area contributed by atoms with Crippen LogP contribution < -0.4 is 10.9 Å². The summed E-state index contributed by atoms with van der Waals surface area (Å²) in [5.74, 6) is 0. The maximum Gasteiger partial charge on any atom is 0.276 e. The van der Waals surface area contributed by atoms with Crippen LogP contribution in [0.4, 0.5) is 0 Å². The highest BCUT2D eigenvalue weighted by Crippen LogP contribution is 2.44. The smallest absolute Gasteiger partial charge is 0.276 e. The van der Waals surface area contributed by atoms with E-state index in [4.69, 9.17) is 0 Å². The summed E-state index contributed by atoms with van der Waals surface area (Å²) in [6.45, 7) is 4.90. The first-order chi connectivity index (χ1) is 14.5. The fraction of sp³-hybridized carbons (Fsp3) is 0.409. The van der Waals surface area contributed by atoms with E-state index in [9.17, 15) is 4.79 Å². The van der Waals surface area contributed by atoms with Crippen molar-refractivity contribution < 1.29 is 0 Å². The Morgan fingerprint density at radius 2 is 2.03 bits per heavy atom. The van der Waals surface area contributed by atoms with Gasteiger partial charge in [0.05, 0.1) is 35.2 Å². The number of aromatic nitrogens is 6. The molecule has 1 atom stereocenters. The van der Waals surface area contributed by atoms with Crippen molar-refractivity contribution in [3.63, 3.8) is 0 Å². The minimum Gasteiger partial charge on any atom is -0.311 e. The molecule has 1 saturated heterocycles. The number of imidazole rings is 1. The third kappa shape index (κ3) is 2.74. The lowest BCUT2D eigenvalue weighted by molar-refractivity contribution is 0.264. The van der Waals surface area contributed by atoms with Gasteiger partial charge < -0.3 is 5.32 Å². The summed E-state index contributed by atoms with van der Waals surface area (Å²) < 4.78 is 3.46. The molecule has 0 aromatic carbocycles. The first kappa shape index (κ1) is 17.7. The van der Waals surface area contributed by atoms with Crippen molar-refractivity contribution in [2.75, 3.05) is 6.54 Å². The van der Waals surface area contributed by atoms with Gasteiger partial charge in [-0.25, -0.2) is 14.2 Å². The summed E-state index contributed by atoms with van der Waals surface area (Å²) in [4.78, 5) is 22.2. The van der Waals surface area contributed by atoms with E-state index in [0.717, 1.165) is 53.1 Å². The Labute approximate surface area is 173 Å². The van der Waals surface area contributed by atoms with Gasteiger partial charge in [-0.1, -0.05) is 0 Å². The molecule has 1 unspecified atom stereocenters. The number of fused-ring (bicyclic) bond motifs is 2. The predicted molar refractivity (Wildman–Crippen MR) is 113 cm³/mol. The molecule has 1 N–H and O–H groups in total. The lowest BCUT2D eigenvalue weighted by Gasteiger charge is -2.30.